The number of hydrogen-bond donors (Lipinski definition) is 2. The Bertz CT molecular complexity index is 508. The van der Waals surface area contributed by atoms with Crippen molar-refractivity contribution in [1.29, 1.82) is 0 Å². The number of nitrogens with zero attached hydrogens (tertiary/aromatic N) is 1. The summed E-state index contributed by atoms with van der Waals surface area (Å²) in [6.07, 6.45) is 1.90. The molecule has 128 valence electrons. The number of ether oxygens (including phenoxy) is 1. The van der Waals surface area contributed by atoms with E-state index in [0.29, 0.717) is 11.7 Å². The standard InChI is InChI=1S/C18H28N2O3/c1-18(2,3)23-17(22)20-11-9-15(13-20)8-10-19-12-14-4-6-16(21)7-5-14/h4-7,15,19,21H,8-13H2,1-3H3. The number of phenols is 1. The topological polar surface area (TPSA) is 61.8 Å². The molecule has 0 bridgehead atoms. The normalized spacial score (nSPS) is 18.2. The smallest absolute Gasteiger partial charge is 0.410 e. The largest absolute Gasteiger partial charge is 0.508 e. The third-order valence-corrected chi connectivity index (χ3v) is 3.93. The van der Waals surface area contributed by atoms with E-state index < -0.39 is 5.60 Å². The minimum Gasteiger partial charge on any atom is -0.508 e. The maximum atomic E-state index is 12.0. The first-order valence-corrected chi connectivity index (χ1v) is 8.30. The molecule has 5 heteroatoms. The van der Waals surface area contributed by atoms with Gasteiger partial charge in [0, 0.05) is 19.6 Å². The van der Waals surface area contributed by atoms with Crippen LogP contribution in [-0.4, -0.2) is 41.3 Å². The van der Waals surface area contributed by atoms with Crippen LogP contribution in [0.5, 0.6) is 5.75 Å². The average molecular weight is 320 g/mol. The molecule has 1 aliphatic heterocycles. The van der Waals surface area contributed by atoms with Crippen molar-refractivity contribution >= 4 is 6.09 Å². The number of amides is 1. The lowest BCUT2D eigenvalue weighted by molar-refractivity contribution is 0.0287. The average Bonchev–Trinajstić information content (AvgIpc) is 2.93. The molecule has 1 aliphatic rings. The third kappa shape index (κ3) is 6.10. The van der Waals surface area contributed by atoms with Gasteiger partial charge in [0.15, 0.2) is 0 Å². The van der Waals surface area contributed by atoms with E-state index in [1.807, 2.05) is 37.8 Å². The monoisotopic (exact) mass is 320 g/mol. The van der Waals surface area contributed by atoms with Crippen molar-refractivity contribution < 1.29 is 14.6 Å². The zero-order valence-electron chi connectivity index (χ0n) is 14.3. The van der Waals surface area contributed by atoms with Crippen molar-refractivity contribution in [2.24, 2.45) is 5.92 Å². The van der Waals surface area contributed by atoms with Gasteiger partial charge in [-0.05, 0) is 63.8 Å². The second-order valence-electron chi connectivity index (χ2n) is 7.21. The molecule has 1 saturated heterocycles. The number of carbonyl (C=O) groups excluding carboxylic acids is 1. The van der Waals surface area contributed by atoms with Gasteiger partial charge in [-0.1, -0.05) is 12.1 Å². The summed E-state index contributed by atoms with van der Waals surface area (Å²) in [5, 5.41) is 12.7. The van der Waals surface area contributed by atoms with Gasteiger partial charge < -0.3 is 20.1 Å². The zero-order valence-corrected chi connectivity index (χ0v) is 14.3. The summed E-state index contributed by atoms with van der Waals surface area (Å²) in [5.74, 6) is 0.830. The van der Waals surface area contributed by atoms with Crippen LogP contribution < -0.4 is 5.32 Å². The van der Waals surface area contributed by atoms with Crippen LogP contribution in [0.2, 0.25) is 0 Å². The van der Waals surface area contributed by atoms with Crippen molar-refractivity contribution in [2.45, 2.75) is 45.8 Å². The van der Waals surface area contributed by atoms with Crippen LogP contribution in [0.3, 0.4) is 0 Å². The molecule has 0 aliphatic carbocycles. The van der Waals surface area contributed by atoms with Gasteiger partial charge in [0.25, 0.3) is 0 Å². The first-order chi connectivity index (χ1) is 10.8. The molecular formula is C18H28N2O3. The molecular weight excluding hydrogens is 292 g/mol. The van der Waals surface area contributed by atoms with Gasteiger partial charge in [-0.15, -0.1) is 0 Å². The minimum atomic E-state index is -0.430. The van der Waals surface area contributed by atoms with E-state index in [0.717, 1.165) is 44.6 Å². The van der Waals surface area contributed by atoms with E-state index in [1.165, 1.54) is 0 Å². The summed E-state index contributed by atoms with van der Waals surface area (Å²) >= 11 is 0. The van der Waals surface area contributed by atoms with Crippen LogP contribution >= 0.6 is 0 Å². The molecule has 2 rings (SSSR count). The Labute approximate surface area is 138 Å². The second-order valence-corrected chi connectivity index (χ2v) is 7.21. The van der Waals surface area contributed by atoms with Crippen LogP contribution in [-0.2, 0) is 11.3 Å². The quantitative estimate of drug-likeness (QED) is 0.818. The van der Waals surface area contributed by atoms with Crippen LogP contribution in [0, 0.1) is 5.92 Å². The van der Waals surface area contributed by atoms with Crippen LogP contribution in [0.1, 0.15) is 39.2 Å². The minimum absolute atomic E-state index is 0.197. The first-order valence-electron chi connectivity index (χ1n) is 8.30. The molecule has 2 N–H and O–H groups in total. The molecule has 5 nitrogen and oxygen atoms in total. The number of benzene rings is 1. The highest BCUT2D eigenvalue weighted by Crippen LogP contribution is 2.21. The molecule has 0 spiro atoms. The summed E-state index contributed by atoms with van der Waals surface area (Å²) in [6.45, 7) is 8.98. The van der Waals surface area contributed by atoms with E-state index in [1.54, 1.807) is 12.1 Å². The molecule has 0 aromatic heterocycles. The van der Waals surface area contributed by atoms with Gasteiger partial charge in [-0.25, -0.2) is 4.79 Å². The Kier molecular flexibility index (Phi) is 5.88. The Balaban J connectivity index is 1.64. The highest BCUT2D eigenvalue weighted by Gasteiger charge is 2.29. The van der Waals surface area contributed by atoms with Crippen molar-refractivity contribution in [3.05, 3.63) is 29.8 Å². The lowest BCUT2D eigenvalue weighted by Crippen LogP contribution is -2.35. The van der Waals surface area contributed by atoms with E-state index in [-0.39, 0.29) is 6.09 Å². The molecule has 1 aromatic rings. The summed E-state index contributed by atoms with van der Waals surface area (Å²) < 4.78 is 5.41. The molecule has 1 unspecified atom stereocenters. The fourth-order valence-corrected chi connectivity index (χ4v) is 2.71. The van der Waals surface area contributed by atoms with E-state index in [9.17, 15) is 9.90 Å². The fourth-order valence-electron chi connectivity index (χ4n) is 2.71. The van der Waals surface area contributed by atoms with Crippen LogP contribution in [0.15, 0.2) is 24.3 Å². The molecule has 23 heavy (non-hydrogen) atoms. The number of carbonyl (C=O) groups is 1. The van der Waals surface area contributed by atoms with Crippen LogP contribution in [0.25, 0.3) is 0 Å². The Morgan fingerprint density at radius 3 is 2.70 bits per heavy atom. The highest BCUT2D eigenvalue weighted by molar-refractivity contribution is 5.68. The highest BCUT2D eigenvalue weighted by atomic mass is 16.6. The van der Waals surface area contributed by atoms with Gasteiger partial charge >= 0.3 is 6.09 Å². The number of hydrogen-bond acceptors (Lipinski definition) is 4. The Morgan fingerprint density at radius 2 is 2.04 bits per heavy atom. The molecule has 1 heterocycles. The van der Waals surface area contributed by atoms with E-state index >= 15 is 0 Å². The van der Waals surface area contributed by atoms with Crippen molar-refractivity contribution in [3.8, 4) is 5.75 Å². The zero-order chi connectivity index (χ0) is 16.9. The molecule has 1 aromatic carbocycles. The summed E-state index contributed by atoms with van der Waals surface area (Å²) in [6, 6.07) is 7.24. The summed E-state index contributed by atoms with van der Waals surface area (Å²) in [4.78, 5) is 13.8. The van der Waals surface area contributed by atoms with E-state index in [4.69, 9.17) is 4.74 Å². The Morgan fingerprint density at radius 1 is 1.35 bits per heavy atom. The lowest BCUT2D eigenvalue weighted by atomic mass is 10.1. The number of rotatable bonds is 5. The predicted octanol–water partition coefficient (Wildman–Crippen LogP) is 3.13. The maximum Gasteiger partial charge on any atom is 0.410 e. The van der Waals surface area contributed by atoms with Crippen molar-refractivity contribution in [2.75, 3.05) is 19.6 Å². The van der Waals surface area contributed by atoms with Crippen molar-refractivity contribution in [3.63, 3.8) is 0 Å². The maximum absolute atomic E-state index is 12.0. The predicted molar refractivity (Wildman–Crippen MR) is 90.3 cm³/mol. The second kappa shape index (κ2) is 7.68. The van der Waals surface area contributed by atoms with Crippen molar-refractivity contribution in [1.82, 2.24) is 10.2 Å². The summed E-state index contributed by atoms with van der Waals surface area (Å²) in [7, 11) is 0. The van der Waals surface area contributed by atoms with E-state index in [2.05, 4.69) is 5.32 Å². The first kappa shape index (κ1) is 17.6. The Hall–Kier alpha value is -1.75. The number of likely N-dealkylation sites (tertiary alicyclic amines) is 1. The fraction of sp³-hybridized carbons (Fsp3) is 0.611. The molecule has 1 atom stereocenters. The van der Waals surface area contributed by atoms with Gasteiger partial charge in [0.05, 0.1) is 0 Å². The van der Waals surface area contributed by atoms with Gasteiger partial charge in [0.1, 0.15) is 11.4 Å². The lowest BCUT2D eigenvalue weighted by Gasteiger charge is -2.24. The molecule has 0 radical (unpaired) electrons. The van der Waals surface area contributed by atoms with Gasteiger partial charge in [-0.2, -0.15) is 0 Å². The SMILES string of the molecule is CC(C)(C)OC(=O)N1CCC(CCNCc2ccc(O)cc2)C1. The third-order valence-electron chi connectivity index (χ3n) is 3.93. The summed E-state index contributed by atoms with van der Waals surface area (Å²) in [5.41, 5.74) is 0.727. The van der Waals surface area contributed by atoms with Gasteiger partial charge in [0.2, 0.25) is 0 Å². The number of phenolic OH excluding ortho intramolecular Hbond substituents is 1. The molecule has 1 amide bonds. The molecule has 1 fully saturated rings. The van der Waals surface area contributed by atoms with Crippen LogP contribution in [0.4, 0.5) is 4.79 Å². The number of aromatic hydroxyl groups is 1. The number of nitrogens with one attached hydrogen (secondary N) is 1. The van der Waals surface area contributed by atoms with Gasteiger partial charge in [-0.3, -0.25) is 0 Å². The molecule has 0 saturated carbocycles.